The number of pyridine rings is 1. The zero-order valence-corrected chi connectivity index (χ0v) is 12.1. The lowest BCUT2D eigenvalue weighted by molar-refractivity contribution is 0.473. The third-order valence-electron chi connectivity index (χ3n) is 3.74. The minimum absolute atomic E-state index is 0.0671. The zero-order chi connectivity index (χ0) is 14.3. The average molecular weight is 291 g/mol. The molecule has 1 aromatic carbocycles. The standard InChI is InChI=1S/C14H17N3O2S/c1-10-7-16-8-11-3-2-4-13(14(10)11)20(18,19)17-6-5-12(15)9-17/h2-4,7-8,12H,5-6,9,15H2,1H3. The van der Waals surface area contributed by atoms with Gasteiger partial charge in [0.1, 0.15) is 0 Å². The van der Waals surface area contributed by atoms with E-state index < -0.39 is 10.0 Å². The number of rotatable bonds is 2. The maximum absolute atomic E-state index is 12.8. The van der Waals surface area contributed by atoms with Gasteiger partial charge in [0.25, 0.3) is 0 Å². The summed E-state index contributed by atoms with van der Waals surface area (Å²) in [5, 5.41) is 1.59. The molecule has 1 aliphatic heterocycles. The Morgan fingerprint density at radius 2 is 2.15 bits per heavy atom. The fourth-order valence-electron chi connectivity index (χ4n) is 2.70. The molecule has 2 N–H and O–H groups in total. The molecule has 2 aromatic rings. The second kappa shape index (κ2) is 4.80. The van der Waals surface area contributed by atoms with Gasteiger partial charge < -0.3 is 5.73 Å². The summed E-state index contributed by atoms with van der Waals surface area (Å²) in [5.41, 5.74) is 6.69. The minimum atomic E-state index is -3.50. The van der Waals surface area contributed by atoms with Gasteiger partial charge in [-0.1, -0.05) is 12.1 Å². The van der Waals surface area contributed by atoms with E-state index >= 15 is 0 Å². The van der Waals surface area contributed by atoms with E-state index in [0.717, 1.165) is 16.3 Å². The second-order valence-corrected chi connectivity index (χ2v) is 7.13. The Kier molecular flexibility index (Phi) is 3.24. The Morgan fingerprint density at radius 3 is 2.85 bits per heavy atom. The Labute approximate surface area is 118 Å². The van der Waals surface area contributed by atoms with Crippen molar-refractivity contribution in [1.29, 1.82) is 0 Å². The molecule has 0 aliphatic carbocycles. The lowest BCUT2D eigenvalue weighted by Gasteiger charge is -2.18. The molecule has 3 rings (SSSR count). The monoisotopic (exact) mass is 291 g/mol. The molecule has 5 nitrogen and oxygen atoms in total. The second-order valence-electron chi connectivity index (χ2n) is 5.22. The van der Waals surface area contributed by atoms with Crippen LogP contribution in [-0.2, 0) is 10.0 Å². The van der Waals surface area contributed by atoms with Crippen LogP contribution >= 0.6 is 0 Å². The highest BCUT2D eigenvalue weighted by Crippen LogP contribution is 2.29. The SMILES string of the molecule is Cc1cncc2cccc(S(=O)(=O)N3CCC(N)C3)c12. The molecule has 1 saturated heterocycles. The highest BCUT2D eigenvalue weighted by molar-refractivity contribution is 7.89. The number of aryl methyl sites for hydroxylation is 1. The van der Waals surface area contributed by atoms with E-state index in [-0.39, 0.29) is 6.04 Å². The van der Waals surface area contributed by atoms with Crippen LogP contribution < -0.4 is 5.73 Å². The van der Waals surface area contributed by atoms with Crippen molar-refractivity contribution in [1.82, 2.24) is 9.29 Å². The first-order valence-corrected chi connectivity index (χ1v) is 8.03. The van der Waals surface area contributed by atoms with Crippen molar-refractivity contribution in [2.24, 2.45) is 5.73 Å². The Hall–Kier alpha value is -1.50. The van der Waals surface area contributed by atoms with Crippen LogP contribution in [0.3, 0.4) is 0 Å². The van der Waals surface area contributed by atoms with Crippen LogP contribution in [-0.4, -0.2) is 36.8 Å². The molecular formula is C14H17N3O2S. The minimum Gasteiger partial charge on any atom is -0.326 e. The van der Waals surface area contributed by atoms with E-state index in [1.54, 1.807) is 24.5 Å². The van der Waals surface area contributed by atoms with Gasteiger partial charge in [0, 0.05) is 42.3 Å². The number of sulfonamides is 1. The van der Waals surface area contributed by atoms with Gasteiger partial charge in [-0.05, 0) is 25.0 Å². The lowest BCUT2D eigenvalue weighted by Crippen LogP contribution is -2.32. The van der Waals surface area contributed by atoms with Crippen molar-refractivity contribution < 1.29 is 8.42 Å². The fourth-order valence-corrected chi connectivity index (χ4v) is 4.50. The Balaban J connectivity index is 2.19. The smallest absolute Gasteiger partial charge is 0.243 e. The lowest BCUT2D eigenvalue weighted by atomic mass is 10.1. The summed E-state index contributed by atoms with van der Waals surface area (Å²) in [6.07, 6.45) is 4.10. The molecule has 0 bridgehead atoms. The first kappa shape index (κ1) is 13.5. The number of aromatic nitrogens is 1. The van der Waals surface area contributed by atoms with Crippen molar-refractivity contribution in [2.75, 3.05) is 13.1 Å². The van der Waals surface area contributed by atoms with Crippen LogP contribution in [0.5, 0.6) is 0 Å². The summed E-state index contributed by atoms with van der Waals surface area (Å²) in [5.74, 6) is 0. The van der Waals surface area contributed by atoms with Gasteiger partial charge in [0.15, 0.2) is 0 Å². The fraction of sp³-hybridized carbons (Fsp3) is 0.357. The number of hydrogen-bond donors (Lipinski definition) is 1. The predicted molar refractivity (Wildman–Crippen MR) is 77.8 cm³/mol. The third kappa shape index (κ3) is 2.09. The van der Waals surface area contributed by atoms with Crippen LogP contribution in [0.1, 0.15) is 12.0 Å². The van der Waals surface area contributed by atoms with Crippen LogP contribution in [0, 0.1) is 6.92 Å². The number of hydrogen-bond acceptors (Lipinski definition) is 4. The van der Waals surface area contributed by atoms with Gasteiger partial charge in [-0.3, -0.25) is 4.98 Å². The quantitative estimate of drug-likeness (QED) is 0.904. The molecule has 1 atom stereocenters. The maximum Gasteiger partial charge on any atom is 0.243 e. The molecule has 6 heteroatoms. The van der Waals surface area contributed by atoms with Gasteiger partial charge >= 0.3 is 0 Å². The summed E-state index contributed by atoms with van der Waals surface area (Å²) in [7, 11) is -3.50. The van der Waals surface area contributed by atoms with Crippen molar-refractivity contribution in [3.05, 3.63) is 36.2 Å². The van der Waals surface area contributed by atoms with Gasteiger partial charge in [-0.2, -0.15) is 4.31 Å². The molecule has 20 heavy (non-hydrogen) atoms. The molecule has 106 valence electrons. The van der Waals surface area contributed by atoms with Crippen molar-refractivity contribution in [2.45, 2.75) is 24.3 Å². The summed E-state index contributed by atoms with van der Waals surface area (Å²) in [6.45, 7) is 2.76. The molecule has 0 amide bonds. The number of benzene rings is 1. The van der Waals surface area contributed by atoms with E-state index in [0.29, 0.717) is 24.4 Å². The van der Waals surface area contributed by atoms with E-state index in [1.807, 2.05) is 13.0 Å². The molecule has 0 spiro atoms. The molecule has 2 heterocycles. The topological polar surface area (TPSA) is 76.3 Å². The van der Waals surface area contributed by atoms with E-state index in [2.05, 4.69) is 4.98 Å². The molecule has 0 radical (unpaired) electrons. The van der Waals surface area contributed by atoms with Crippen LogP contribution in [0.15, 0.2) is 35.5 Å². The number of fused-ring (bicyclic) bond motifs is 1. The van der Waals surface area contributed by atoms with E-state index in [4.69, 9.17) is 5.73 Å². The van der Waals surface area contributed by atoms with Gasteiger partial charge in [-0.25, -0.2) is 8.42 Å². The molecule has 0 saturated carbocycles. The van der Waals surface area contributed by atoms with E-state index in [1.165, 1.54) is 4.31 Å². The summed E-state index contributed by atoms with van der Waals surface area (Å²) >= 11 is 0. The molecule has 1 fully saturated rings. The first-order chi connectivity index (χ1) is 9.50. The first-order valence-electron chi connectivity index (χ1n) is 6.59. The van der Waals surface area contributed by atoms with Crippen molar-refractivity contribution in [3.63, 3.8) is 0 Å². The van der Waals surface area contributed by atoms with Crippen LogP contribution in [0.2, 0.25) is 0 Å². The van der Waals surface area contributed by atoms with Crippen LogP contribution in [0.4, 0.5) is 0 Å². The summed E-state index contributed by atoms with van der Waals surface area (Å²) in [4.78, 5) is 4.47. The van der Waals surface area contributed by atoms with Gasteiger partial charge in [0.05, 0.1) is 4.90 Å². The van der Waals surface area contributed by atoms with Crippen molar-refractivity contribution >= 4 is 20.8 Å². The number of nitrogens with two attached hydrogens (primary N) is 1. The van der Waals surface area contributed by atoms with Gasteiger partial charge in [-0.15, -0.1) is 0 Å². The molecule has 1 aromatic heterocycles. The summed E-state index contributed by atoms with van der Waals surface area (Å²) < 4.78 is 27.1. The Morgan fingerprint density at radius 1 is 1.35 bits per heavy atom. The molecule has 1 unspecified atom stereocenters. The molecule has 1 aliphatic rings. The zero-order valence-electron chi connectivity index (χ0n) is 11.3. The largest absolute Gasteiger partial charge is 0.326 e. The maximum atomic E-state index is 12.8. The molecular weight excluding hydrogens is 274 g/mol. The number of nitrogens with zero attached hydrogens (tertiary/aromatic N) is 2. The highest BCUT2D eigenvalue weighted by Gasteiger charge is 2.32. The van der Waals surface area contributed by atoms with E-state index in [9.17, 15) is 8.42 Å². The highest BCUT2D eigenvalue weighted by atomic mass is 32.2. The summed E-state index contributed by atoms with van der Waals surface area (Å²) in [6, 6.07) is 5.23. The van der Waals surface area contributed by atoms with Gasteiger partial charge in [0.2, 0.25) is 10.0 Å². The normalized spacial score (nSPS) is 20.6. The van der Waals surface area contributed by atoms with Crippen LogP contribution in [0.25, 0.3) is 10.8 Å². The van der Waals surface area contributed by atoms with Crippen molar-refractivity contribution in [3.8, 4) is 0 Å². The third-order valence-corrected chi connectivity index (χ3v) is 5.65. The average Bonchev–Trinajstić information content (AvgIpc) is 2.86. The Bertz CT molecular complexity index is 753. The predicted octanol–water partition coefficient (Wildman–Crippen LogP) is 1.26.